The van der Waals surface area contributed by atoms with Crippen molar-refractivity contribution in [1.29, 1.82) is 0 Å². The van der Waals surface area contributed by atoms with Crippen molar-refractivity contribution in [3.63, 3.8) is 0 Å². The lowest BCUT2D eigenvalue weighted by atomic mass is 9.70. The summed E-state index contributed by atoms with van der Waals surface area (Å²) >= 11 is 1.25. The number of H-pyrrole nitrogens is 1. The molecular weight excluding hydrogens is 478 g/mol. The molecule has 1 aromatic heterocycles. The van der Waals surface area contributed by atoms with E-state index in [9.17, 15) is 29.4 Å². The Morgan fingerprint density at radius 1 is 1.26 bits per heavy atom. The van der Waals surface area contributed by atoms with Crippen LogP contribution in [0.2, 0.25) is 0 Å². The normalized spacial score (nSPS) is 32.3. The molecule has 1 heterocycles. The molecular formula is C22H33N5O7S. The molecule has 7 atom stereocenters. The van der Waals surface area contributed by atoms with E-state index in [4.69, 9.17) is 4.74 Å². The summed E-state index contributed by atoms with van der Waals surface area (Å²) in [6.45, 7) is 10.0. The topological polar surface area (TPSA) is 184 Å². The highest BCUT2D eigenvalue weighted by Gasteiger charge is 2.87. The Morgan fingerprint density at radius 3 is 2.37 bits per heavy atom. The maximum absolute atomic E-state index is 13.3. The molecule has 2 fully saturated rings. The highest BCUT2D eigenvalue weighted by Crippen LogP contribution is 2.78. The minimum Gasteiger partial charge on any atom is -0.481 e. The number of carbonyl (C=O) groups is 4. The van der Waals surface area contributed by atoms with Gasteiger partial charge in [-0.1, -0.05) is 25.6 Å². The standard InChI is InChI=1S/C22H33N5O7S/c1-7-11-14(35-18-23-9-24-27-18)12-13(16(29)30)21(12,8-2)22(11,17(31)32)26-15(28)10(3)25-19(33)34-20(4,5)6/h9-14H,7-8H2,1-6H3,(H,25,33)(H,26,28)(H,29,30)(H,31,32)(H,23,24,27)/t10-,11?,12-,13-,14+,21-,22+/m0/s1. The molecule has 0 saturated heterocycles. The first-order valence-electron chi connectivity index (χ1n) is 11.6. The molecule has 0 spiro atoms. The van der Waals surface area contributed by atoms with Crippen LogP contribution in [0.15, 0.2) is 11.5 Å². The monoisotopic (exact) mass is 511 g/mol. The smallest absolute Gasteiger partial charge is 0.408 e. The molecule has 12 nitrogen and oxygen atoms in total. The molecule has 2 aliphatic rings. The first-order chi connectivity index (χ1) is 16.3. The molecule has 194 valence electrons. The van der Waals surface area contributed by atoms with Crippen LogP contribution in [0.5, 0.6) is 0 Å². The molecule has 1 unspecified atom stereocenters. The van der Waals surface area contributed by atoms with Gasteiger partial charge in [-0.3, -0.25) is 9.59 Å². The number of carbonyl (C=O) groups excluding carboxylic acids is 2. The number of ether oxygens (including phenoxy) is 1. The number of aliphatic carboxylic acids is 2. The fraction of sp³-hybridized carbons (Fsp3) is 0.727. The van der Waals surface area contributed by atoms with Crippen molar-refractivity contribution in [2.75, 3.05) is 0 Å². The van der Waals surface area contributed by atoms with E-state index in [1.54, 1.807) is 27.7 Å². The molecule has 0 aromatic carbocycles. The summed E-state index contributed by atoms with van der Waals surface area (Å²) < 4.78 is 5.19. The van der Waals surface area contributed by atoms with E-state index in [2.05, 4.69) is 25.8 Å². The number of carboxylic acid groups (broad SMARTS) is 2. The molecule has 2 aliphatic carbocycles. The Balaban J connectivity index is 1.98. The van der Waals surface area contributed by atoms with E-state index in [1.807, 2.05) is 6.92 Å². The summed E-state index contributed by atoms with van der Waals surface area (Å²) in [6.07, 6.45) is 1.18. The van der Waals surface area contributed by atoms with Gasteiger partial charge in [0.15, 0.2) is 5.16 Å². The summed E-state index contributed by atoms with van der Waals surface area (Å²) in [5, 5.41) is 33.5. The number of hydrogen-bond donors (Lipinski definition) is 5. The summed E-state index contributed by atoms with van der Waals surface area (Å²) in [4.78, 5) is 53.6. The average molecular weight is 512 g/mol. The molecule has 3 rings (SSSR count). The summed E-state index contributed by atoms with van der Waals surface area (Å²) in [6, 6.07) is -1.12. The van der Waals surface area contributed by atoms with E-state index in [-0.39, 0.29) is 6.42 Å². The molecule has 2 amide bonds. The average Bonchev–Trinajstić information content (AvgIpc) is 3.03. The van der Waals surface area contributed by atoms with E-state index in [0.717, 1.165) is 0 Å². The number of amides is 2. The van der Waals surface area contributed by atoms with Gasteiger partial charge in [-0.25, -0.2) is 9.59 Å². The third-order valence-electron chi connectivity index (χ3n) is 7.16. The van der Waals surface area contributed by atoms with Gasteiger partial charge in [0, 0.05) is 16.6 Å². The fourth-order valence-electron chi connectivity index (χ4n) is 5.96. The Kier molecular flexibility index (Phi) is 7.13. The van der Waals surface area contributed by atoms with E-state index in [1.165, 1.54) is 25.0 Å². The fourth-order valence-corrected chi connectivity index (χ4v) is 7.54. The number of aromatic amines is 1. The Labute approximate surface area is 207 Å². The Morgan fingerprint density at radius 2 is 1.91 bits per heavy atom. The van der Waals surface area contributed by atoms with Crippen LogP contribution in [-0.2, 0) is 19.1 Å². The highest BCUT2D eigenvalue weighted by molar-refractivity contribution is 7.99. The van der Waals surface area contributed by atoms with Gasteiger partial charge in [0.1, 0.15) is 23.5 Å². The van der Waals surface area contributed by atoms with Crippen molar-refractivity contribution in [1.82, 2.24) is 25.8 Å². The molecule has 1 aromatic rings. The zero-order valence-corrected chi connectivity index (χ0v) is 21.4. The van der Waals surface area contributed by atoms with Gasteiger partial charge >= 0.3 is 18.0 Å². The predicted molar refractivity (Wildman–Crippen MR) is 124 cm³/mol. The molecule has 0 aliphatic heterocycles. The molecule has 0 bridgehead atoms. The second-order valence-electron chi connectivity index (χ2n) is 10.1. The van der Waals surface area contributed by atoms with Gasteiger partial charge in [-0.2, -0.15) is 0 Å². The molecule has 5 N–H and O–H groups in total. The van der Waals surface area contributed by atoms with Crippen LogP contribution in [-0.4, -0.2) is 71.8 Å². The third kappa shape index (κ3) is 4.34. The predicted octanol–water partition coefficient (Wildman–Crippen LogP) is 1.89. The molecule has 2 saturated carbocycles. The number of alkyl carbamates (subject to hydrolysis) is 1. The highest BCUT2D eigenvalue weighted by atomic mass is 32.2. The van der Waals surface area contributed by atoms with Gasteiger partial charge in [0.25, 0.3) is 0 Å². The summed E-state index contributed by atoms with van der Waals surface area (Å²) in [5.74, 6) is -5.19. The zero-order chi connectivity index (χ0) is 26.3. The maximum Gasteiger partial charge on any atom is 0.408 e. The van der Waals surface area contributed by atoms with Crippen LogP contribution in [0.1, 0.15) is 54.4 Å². The molecule has 13 heteroatoms. The second kappa shape index (κ2) is 9.32. The van der Waals surface area contributed by atoms with Crippen LogP contribution in [0.25, 0.3) is 0 Å². The van der Waals surface area contributed by atoms with E-state index >= 15 is 0 Å². The van der Waals surface area contributed by atoms with Crippen LogP contribution in [0.3, 0.4) is 0 Å². The number of nitrogens with one attached hydrogen (secondary N) is 3. The Hall–Kier alpha value is -2.83. The SMILES string of the molecule is CCC1[C@@H](Sc2nnc[nH]2)[C@@H]2[C@@H](C(=O)O)[C@@]2(CC)[C@]1(NC(=O)[C@H](C)NC(=O)OC(C)(C)C)C(=O)O. The van der Waals surface area contributed by atoms with Gasteiger partial charge in [0.2, 0.25) is 5.91 Å². The number of hydrogen-bond acceptors (Lipinski definition) is 8. The van der Waals surface area contributed by atoms with Crippen LogP contribution < -0.4 is 10.6 Å². The van der Waals surface area contributed by atoms with Gasteiger partial charge in [0.05, 0.1) is 5.92 Å². The minimum absolute atomic E-state index is 0.235. The van der Waals surface area contributed by atoms with E-state index in [0.29, 0.717) is 11.6 Å². The van der Waals surface area contributed by atoms with Crippen molar-refractivity contribution in [2.45, 2.75) is 82.0 Å². The lowest BCUT2D eigenvalue weighted by molar-refractivity contribution is -0.156. The number of carboxylic acids is 2. The van der Waals surface area contributed by atoms with Crippen molar-refractivity contribution in [3.05, 3.63) is 6.33 Å². The minimum atomic E-state index is -1.86. The van der Waals surface area contributed by atoms with Crippen molar-refractivity contribution < 1.29 is 34.1 Å². The van der Waals surface area contributed by atoms with Crippen molar-refractivity contribution in [3.8, 4) is 0 Å². The first kappa shape index (κ1) is 26.8. The van der Waals surface area contributed by atoms with E-state index < -0.39 is 69.5 Å². The second-order valence-corrected chi connectivity index (χ2v) is 11.3. The quantitative estimate of drug-likeness (QED) is 0.328. The number of fused-ring (bicyclic) bond motifs is 1. The lowest BCUT2D eigenvalue weighted by Gasteiger charge is -2.42. The van der Waals surface area contributed by atoms with Crippen molar-refractivity contribution in [2.24, 2.45) is 23.2 Å². The summed E-state index contributed by atoms with van der Waals surface area (Å²) in [5.41, 5.74) is -3.85. The number of thioether (sulfide) groups is 1. The molecule has 0 radical (unpaired) electrons. The number of aromatic nitrogens is 3. The third-order valence-corrected chi connectivity index (χ3v) is 8.47. The summed E-state index contributed by atoms with van der Waals surface area (Å²) in [7, 11) is 0. The van der Waals surface area contributed by atoms with Gasteiger partial charge in [-0.05, 0) is 46.5 Å². The van der Waals surface area contributed by atoms with Crippen LogP contribution in [0.4, 0.5) is 4.79 Å². The maximum atomic E-state index is 13.3. The largest absolute Gasteiger partial charge is 0.481 e. The Bertz CT molecular complexity index is 997. The van der Waals surface area contributed by atoms with Crippen LogP contribution >= 0.6 is 11.8 Å². The number of nitrogens with zero attached hydrogens (tertiary/aromatic N) is 2. The van der Waals surface area contributed by atoms with Crippen molar-refractivity contribution >= 4 is 35.7 Å². The van der Waals surface area contributed by atoms with Gasteiger partial charge in [-0.15, -0.1) is 10.2 Å². The molecule has 35 heavy (non-hydrogen) atoms. The number of rotatable bonds is 9. The van der Waals surface area contributed by atoms with Gasteiger partial charge < -0.3 is 30.6 Å². The first-order valence-corrected chi connectivity index (χ1v) is 12.4. The zero-order valence-electron chi connectivity index (χ0n) is 20.6. The van der Waals surface area contributed by atoms with Crippen LogP contribution in [0, 0.1) is 23.2 Å². The lowest BCUT2D eigenvalue weighted by Crippen LogP contribution is -2.67.